The topological polar surface area (TPSA) is 69.7 Å². The third kappa shape index (κ3) is 4.86. The lowest BCUT2D eigenvalue weighted by Gasteiger charge is -2.13. The summed E-state index contributed by atoms with van der Waals surface area (Å²) in [6, 6.07) is 13.1. The highest BCUT2D eigenvalue weighted by Crippen LogP contribution is 2.40. The molecule has 1 aliphatic rings. The highest BCUT2D eigenvalue weighted by atomic mass is 35.5. The predicted octanol–water partition coefficient (Wildman–Crippen LogP) is 4.55. The highest BCUT2D eigenvalue weighted by Gasteiger charge is 2.26. The molecule has 164 valence electrons. The van der Waals surface area contributed by atoms with E-state index in [2.05, 4.69) is 10.3 Å². The van der Waals surface area contributed by atoms with Gasteiger partial charge < -0.3 is 19.5 Å². The number of carbonyl (C=O) groups is 1. The number of methoxy groups -OCH3 is 2. The molecule has 0 saturated heterocycles. The summed E-state index contributed by atoms with van der Waals surface area (Å²) in [4.78, 5) is 16.4. The van der Waals surface area contributed by atoms with E-state index in [1.807, 2.05) is 36.4 Å². The van der Waals surface area contributed by atoms with Gasteiger partial charge in [0.1, 0.15) is 11.9 Å². The van der Waals surface area contributed by atoms with Crippen LogP contribution in [0.1, 0.15) is 11.1 Å². The van der Waals surface area contributed by atoms with Crippen LogP contribution in [0.5, 0.6) is 17.2 Å². The van der Waals surface area contributed by atoms with Crippen molar-refractivity contribution in [3.63, 3.8) is 0 Å². The second-order valence-corrected chi connectivity index (χ2v) is 7.75. The van der Waals surface area contributed by atoms with Crippen molar-refractivity contribution in [1.82, 2.24) is 10.3 Å². The van der Waals surface area contributed by atoms with Crippen molar-refractivity contribution in [2.24, 2.45) is 0 Å². The number of ether oxygens (including phenoxy) is 3. The van der Waals surface area contributed by atoms with Crippen LogP contribution in [0.4, 0.5) is 0 Å². The number of aromatic nitrogens is 1. The van der Waals surface area contributed by atoms with Gasteiger partial charge in [-0.15, -0.1) is 0 Å². The summed E-state index contributed by atoms with van der Waals surface area (Å²) in [5.74, 6) is 1.85. The average molecular weight is 451 g/mol. The standard InChI is InChI=1S/C25H23ClN2O4/c1-30-22-5-3-16(11-23(22)31-2)4-6-24(29)28-15-20-13-18-12-19(26)14-21(25(18)32-20)17-7-9-27-10-8-17/h3-12,14,20H,13,15H2,1-2H3,(H,28,29)/b6-4+/t20-/m1/s1. The van der Waals surface area contributed by atoms with Crippen LogP contribution in [0, 0.1) is 0 Å². The third-order valence-corrected chi connectivity index (χ3v) is 5.41. The van der Waals surface area contributed by atoms with E-state index in [0.29, 0.717) is 29.5 Å². The van der Waals surface area contributed by atoms with E-state index in [9.17, 15) is 4.79 Å². The summed E-state index contributed by atoms with van der Waals surface area (Å²) in [5.41, 5.74) is 3.78. The maximum atomic E-state index is 12.3. The molecule has 4 rings (SSSR count). The average Bonchev–Trinajstić information content (AvgIpc) is 3.23. The van der Waals surface area contributed by atoms with Crippen LogP contribution in [-0.2, 0) is 11.2 Å². The minimum atomic E-state index is -0.202. The maximum Gasteiger partial charge on any atom is 0.244 e. The molecule has 1 aliphatic heterocycles. The minimum absolute atomic E-state index is 0.164. The van der Waals surface area contributed by atoms with Gasteiger partial charge in [0.15, 0.2) is 11.5 Å². The molecule has 2 heterocycles. The lowest BCUT2D eigenvalue weighted by molar-refractivity contribution is -0.116. The molecule has 2 aromatic carbocycles. The summed E-state index contributed by atoms with van der Waals surface area (Å²) in [5, 5.41) is 3.56. The second kappa shape index (κ2) is 9.75. The number of amides is 1. The molecule has 32 heavy (non-hydrogen) atoms. The maximum absolute atomic E-state index is 12.3. The van der Waals surface area contributed by atoms with Crippen molar-refractivity contribution in [1.29, 1.82) is 0 Å². The van der Waals surface area contributed by atoms with Crippen LogP contribution in [-0.4, -0.2) is 37.8 Å². The molecule has 7 heteroatoms. The first kappa shape index (κ1) is 21.7. The third-order valence-electron chi connectivity index (χ3n) is 5.19. The van der Waals surface area contributed by atoms with Gasteiger partial charge in [0.2, 0.25) is 5.91 Å². The SMILES string of the molecule is COc1ccc(/C=C/C(=O)NC[C@H]2Cc3cc(Cl)cc(-c4ccncc4)c3O2)cc1OC. The van der Waals surface area contributed by atoms with Crippen molar-refractivity contribution in [2.75, 3.05) is 20.8 Å². The predicted molar refractivity (Wildman–Crippen MR) is 124 cm³/mol. The Morgan fingerprint density at radius 1 is 1.16 bits per heavy atom. The van der Waals surface area contributed by atoms with Crippen LogP contribution < -0.4 is 19.5 Å². The van der Waals surface area contributed by atoms with Gasteiger partial charge in [0.05, 0.1) is 20.8 Å². The van der Waals surface area contributed by atoms with Gasteiger partial charge in [-0.25, -0.2) is 0 Å². The summed E-state index contributed by atoms with van der Waals surface area (Å²) in [7, 11) is 3.16. The van der Waals surface area contributed by atoms with E-state index in [4.69, 9.17) is 25.8 Å². The molecule has 0 unspecified atom stereocenters. The number of pyridine rings is 1. The molecule has 0 bridgehead atoms. The first-order chi connectivity index (χ1) is 15.6. The quantitative estimate of drug-likeness (QED) is 0.535. The molecule has 1 amide bonds. The number of nitrogens with one attached hydrogen (secondary N) is 1. The molecule has 1 aromatic heterocycles. The number of fused-ring (bicyclic) bond motifs is 1. The Morgan fingerprint density at radius 3 is 2.69 bits per heavy atom. The fraction of sp³-hybridized carbons (Fsp3) is 0.200. The highest BCUT2D eigenvalue weighted by molar-refractivity contribution is 6.31. The summed E-state index contributed by atoms with van der Waals surface area (Å²) in [6.45, 7) is 0.386. The van der Waals surface area contributed by atoms with E-state index in [-0.39, 0.29) is 12.0 Å². The molecule has 0 spiro atoms. The van der Waals surface area contributed by atoms with Gasteiger partial charge in [0.25, 0.3) is 0 Å². The summed E-state index contributed by atoms with van der Waals surface area (Å²) in [6.07, 6.45) is 7.20. The van der Waals surface area contributed by atoms with E-state index < -0.39 is 0 Å². The van der Waals surface area contributed by atoms with Crippen molar-refractivity contribution in [2.45, 2.75) is 12.5 Å². The molecule has 6 nitrogen and oxygen atoms in total. The second-order valence-electron chi connectivity index (χ2n) is 7.31. The molecule has 3 aromatic rings. The van der Waals surface area contributed by atoms with Crippen LogP contribution >= 0.6 is 11.6 Å². The van der Waals surface area contributed by atoms with E-state index in [1.165, 1.54) is 6.08 Å². The molecule has 0 radical (unpaired) electrons. The zero-order valence-electron chi connectivity index (χ0n) is 17.8. The zero-order valence-corrected chi connectivity index (χ0v) is 18.6. The molecule has 0 fully saturated rings. The Balaban J connectivity index is 1.38. The lowest BCUT2D eigenvalue weighted by Crippen LogP contribution is -2.33. The Kier molecular flexibility index (Phi) is 6.61. The first-order valence-corrected chi connectivity index (χ1v) is 10.5. The van der Waals surface area contributed by atoms with E-state index in [0.717, 1.165) is 28.0 Å². The van der Waals surface area contributed by atoms with Crippen molar-refractivity contribution in [3.05, 3.63) is 77.1 Å². The van der Waals surface area contributed by atoms with Crippen LogP contribution in [0.3, 0.4) is 0 Å². The lowest BCUT2D eigenvalue weighted by atomic mass is 10.0. The van der Waals surface area contributed by atoms with E-state index in [1.54, 1.807) is 38.8 Å². The smallest absolute Gasteiger partial charge is 0.244 e. The fourth-order valence-corrected chi connectivity index (χ4v) is 3.90. The molecule has 1 atom stereocenters. The molecular weight excluding hydrogens is 428 g/mol. The van der Waals surface area contributed by atoms with Gasteiger partial charge in [0, 0.05) is 41.0 Å². The summed E-state index contributed by atoms with van der Waals surface area (Å²) < 4.78 is 16.7. The van der Waals surface area contributed by atoms with Gasteiger partial charge in [-0.2, -0.15) is 0 Å². The minimum Gasteiger partial charge on any atom is -0.493 e. The number of benzene rings is 2. The largest absolute Gasteiger partial charge is 0.493 e. The number of hydrogen-bond donors (Lipinski definition) is 1. The number of hydrogen-bond acceptors (Lipinski definition) is 5. The van der Waals surface area contributed by atoms with Gasteiger partial charge in [-0.3, -0.25) is 9.78 Å². The number of carbonyl (C=O) groups excluding carboxylic acids is 1. The monoisotopic (exact) mass is 450 g/mol. The van der Waals surface area contributed by atoms with Gasteiger partial charge in [-0.05, 0) is 53.6 Å². The number of rotatable bonds is 7. The normalized spacial score (nSPS) is 14.7. The van der Waals surface area contributed by atoms with Crippen LogP contribution in [0.15, 0.2) is 60.9 Å². The van der Waals surface area contributed by atoms with Crippen molar-refractivity contribution < 1.29 is 19.0 Å². The van der Waals surface area contributed by atoms with Gasteiger partial charge >= 0.3 is 0 Å². The fourth-order valence-electron chi connectivity index (χ4n) is 3.66. The molecule has 0 saturated carbocycles. The molecular formula is C25H23ClN2O4. The van der Waals surface area contributed by atoms with Crippen LogP contribution in [0.25, 0.3) is 17.2 Å². The first-order valence-electron chi connectivity index (χ1n) is 10.1. The van der Waals surface area contributed by atoms with Crippen LogP contribution in [0.2, 0.25) is 5.02 Å². The van der Waals surface area contributed by atoms with Crippen molar-refractivity contribution in [3.8, 4) is 28.4 Å². The Labute approximate surface area is 191 Å². The van der Waals surface area contributed by atoms with Crippen molar-refractivity contribution >= 4 is 23.6 Å². The number of halogens is 1. The van der Waals surface area contributed by atoms with Gasteiger partial charge in [-0.1, -0.05) is 17.7 Å². The Morgan fingerprint density at radius 2 is 1.94 bits per heavy atom. The Hall–Kier alpha value is -3.51. The zero-order chi connectivity index (χ0) is 22.5. The van der Waals surface area contributed by atoms with E-state index >= 15 is 0 Å². The molecule has 1 N–H and O–H groups in total. The Bertz CT molecular complexity index is 1150. The summed E-state index contributed by atoms with van der Waals surface area (Å²) >= 11 is 6.33. The molecule has 0 aliphatic carbocycles. The number of nitrogens with zero attached hydrogens (tertiary/aromatic N) is 1.